The number of fused-ring (bicyclic) bond motifs is 1. The summed E-state index contributed by atoms with van der Waals surface area (Å²) >= 11 is 0. The predicted octanol–water partition coefficient (Wildman–Crippen LogP) is 0.0190. The Kier molecular flexibility index (Phi) is 2.37. The fourth-order valence-electron chi connectivity index (χ4n) is 1.70. The van der Waals surface area contributed by atoms with Crippen LogP contribution in [0.2, 0.25) is 0 Å². The molecule has 0 amide bonds. The van der Waals surface area contributed by atoms with Gasteiger partial charge in [0.1, 0.15) is 13.2 Å². The van der Waals surface area contributed by atoms with Gasteiger partial charge in [0.2, 0.25) is 0 Å². The van der Waals surface area contributed by atoms with E-state index in [0.717, 1.165) is 11.3 Å². The average molecular weight is 233 g/mol. The Morgan fingerprint density at radius 1 is 1.24 bits per heavy atom. The Hall–Kier alpha value is -2.15. The minimum absolute atomic E-state index is 0.426. The molecular weight excluding hydrogens is 222 g/mol. The van der Waals surface area contributed by atoms with Crippen LogP contribution in [-0.4, -0.2) is 33.8 Å². The van der Waals surface area contributed by atoms with Crippen LogP contribution in [0.1, 0.15) is 17.4 Å². The van der Waals surface area contributed by atoms with Crippen molar-refractivity contribution in [2.24, 2.45) is 5.73 Å². The highest BCUT2D eigenvalue weighted by Crippen LogP contribution is 2.32. The van der Waals surface area contributed by atoms with Crippen LogP contribution in [0.25, 0.3) is 0 Å². The third-order valence-electron chi connectivity index (χ3n) is 2.57. The highest BCUT2D eigenvalue weighted by molar-refractivity contribution is 5.45. The number of nitrogens with zero attached hydrogens (tertiary/aromatic N) is 3. The Balaban J connectivity index is 1.93. The van der Waals surface area contributed by atoms with Crippen LogP contribution in [0.3, 0.4) is 0 Å². The van der Waals surface area contributed by atoms with Gasteiger partial charge >= 0.3 is 0 Å². The lowest BCUT2D eigenvalue weighted by molar-refractivity contribution is 0.171. The number of tetrazole rings is 1. The van der Waals surface area contributed by atoms with Crippen molar-refractivity contribution >= 4 is 0 Å². The van der Waals surface area contributed by atoms with Crippen molar-refractivity contribution in [3.05, 3.63) is 29.6 Å². The zero-order valence-electron chi connectivity index (χ0n) is 8.96. The highest BCUT2D eigenvalue weighted by atomic mass is 16.6. The number of aromatic nitrogens is 4. The molecule has 88 valence electrons. The second kappa shape index (κ2) is 4.02. The summed E-state index contributed by atoms with van der Waals surface area (Å²) in [4.78, 5) is 0. The van der Waals surface area contributed by atoms with Gasteiger partial charge in [0.25, 0.3) is 0 Å². The molecule has 0 bridgehead atoms. The molecule has 0 saturated heterocycles. The second-order valence-electron chi connectivity index (χ2n) is 3.65. The lowest BCUT2D eigenvalue weighted by Crippen LogP contribution is -2.17. The number of aromatic amines is 1. The summed E-state index contributed by atoms with van der Waals surface area (Å²) in [7, 11) is 0. The smallest absolute Gasteiger partial charge is 0.195 e. The maximum absolute atomic E-state index is 6.01. The van der Waals surface area contributed by atoms with E-state index in [-0.39, 0.29) is 0 Å². The monoisotopic (exact) mass is 233 g/mol. The van der Waals surface area contributed by atoms with E-state index in [9.17, 15) is 0 Å². The number of nitrogens with two attached hydrogens (primary N) is 1. The van der Waals surface area contributed by atoms with Gasteiger partial charge in [-0.1, -0.05) is 11.3 Å². The summed E-state index contributed by atoms with van der Waals surface area (Å²) in [5, 5.41) is 13.6. The standard InChI is InChI=1S/C10H11N5O2/c11-9(10-12-14-15-13-10)6-1-2-7-8(5-6)17-4-3-16-7/h1-2,5,9H,3-4,11H2,(H,12,13,14,15). The van der Waals surface area contributed by atoms with Crippen molar-refractivity contribution in [3.8, 4) is 11.5 Å². The highest BCUT2D eigenvalue weighted by Gasteiger charge is 2.18. The number of benzene rings is 1. The zero-order valence-corrected chi connectivity index (χ0v) is 8.96. The van der Waals surface area contributed by atoms with Crippen LogP contribution in [0.5, 0.6) is 11.5 Å². The molecule has 1 atom stereocenters. The molecule has 2 aromatic rings. The molecule has 0 saturated carbocycles. The van der Waals surface area contributed by atoms with Crippen LogP contribution in [0.15, 0.2) is 18.2 Å². The predicted molar refractivity (Wildman–Crippen MR) is 57.6 cm³/mol. The zero-order chi connectivity index (χ0) is 11.7. The van der Waals surface area contributed by atoms with E-state index in [4.69, 9.17) is 15.2 Å². The Labute approximate surface area is 96.9 Å². The number of H-pyrrole nitrogens is 1. The Bertz CT molecular complexity index is 513. The van der Waals surface area contributed by atoms with Crippen molar-refractivity contribution in [3.63, 3.8) is 0 Å². The lowest BCUT2D eigenvalue weighted by Gasteiger charge is -2.19. The minimum Gasteiger partial charge on any atom is -0.486 e. The summed E-state index contributed by atoms with van der Waals surface area (Å²) in [6.45, 7) is 1.12. The van der Waals surface area contributed by atoms with E-state index in [2.05, 4.69) is 20.6 Å². The molecule has 3 N–H and O–H groups in total. The normalized spacial score (nSPS) is 15.6. The first-order valence-corrected chi connectivity index (χ1v) is 5.23. The number of hydrogen-bond donors (Lipinski definition) is 2. The minimum atomic E-state index is -0.426. The molecule has 0 fully saturated rings. The maximum Gasteiger partial charge on any atom is 0.195 e. The summed E-state index contributed by atoms with van der Waals surface area (Å²) in [6.07, 6.45) is 0. The molecule has 1 unspecified atom stereocenters. The molecule has 1 aliphatic heterocycles. The maximum atomic E-state index is 6.01. The molecule has 7 heteroatoms. The molecule has 1 aromatic carbocycles. The van der Waals surface area contributed by atoms with Gasteiger partial charge in [0.05, 0.1) is 6.04 Å². The summed E-state index contributed by atoms with van der Waals surface area (Å²) < 4.78 is 10.9. The summed E-state index contributed by atoms with van der Waals surface area (Å²) in [5.74, 6) is 1.88. The first-order valence-electron chi connectivity index (χ1n) is 5.23. The van der Waals surface area contributed by atoms with Gasteiger partial charge in [-0.2, -0.15) is 5.21 Å². The first kappa shape index (κ1) is 10.0. The van der Waals surface area contributed by atoms with E-state index in [1.54, 1.807) is 0 Å². The van der Waals surface area contributed by atoms with Crippen LogP contribution in [0, 0.1) is 0 Å². The van der Waals surface area contributed by atoms with E-state index in [1.807, 2.05) is 18.2 Å². The quantitative estimate of drug-likeness (QED) is 0.758. The number of hydrogen-bond acceptors (Lipinski definition) is 6. The molecule has 1 aromatic heterocycles. The second-order valence-corrected chi connectivity index (χ2v) is 3.65. The number of rotatable bonds is 2. The molecule has 0 spiro atoms. The molecular formula is C10H11N5O2. The van der Waals surface area contributed by atoms with Gasteiger partial charge in [0, 0.05) is 0 Å². The van der Waals surface area contributed by atoms with Gasteiger partial charge in [-0.15, -0.1) is 10.2 Å². The average Bonchev–Trinajstić information content (AvgIpc) is 2.91. The van der Waals surface area contributed by atoms with Crippen molar-refractivity contribution < 1.29 is 9.47 Å². The topological polar surface area (TPSA) is 98.9 Å². The molecule has 17 heavy (non-hydrogen) atoms. The van der Waals surface area contributed by atoms with E-state index >= 15 is 0 Å². The van der Waals surface area contributed by atoms with Crippen molar-refractivity contribution in [2.75, 3.05) is 13.2 Å². The molecule has 2 heterocycles. The van der Waals surface area contributed by atoms with Crippen LogP contribution in [0.4, 0.5) is 0 Å². The third kappa shape index (κ3) is 1.80. The van der Waals surface area contributed by atoms with Gasteiger partial charge in [0.15, 0.2) is 17.3 Å². The van der Waals surface area contributed by atoms with E-state index in [1.165, 1.54) is 0 Å². The van der Waals surface area contributed by atoms with Gasteiger partial charge in [-0.25, -0.2) is 0 Å². The van der Waals surface area contributed by atoms with Crippen molar-refractivity contribution in [1.29, 1.82) is 0 Å². The van der Waals surface area contributed by atoms with Crippen LogP contribution in [-0.2, 0) is 0 Å². The van der Waals surface area contributed by atoms with Crippen molar-refractivity contribution in [1.82, 2.24) is 20.6 Å². The molecule has 0 aliphatic carbocycles. The first-order chi connectivity index (χ1) is 8.34. The summed E-state index contributed by atoms with van der Waals surface area (Å²) in [5.41, 5.74) is 6.87. The Morgan fingerprint density at radius 3 is 2.82 bits per heavy atom. The number of ether oxygens (including phenoxy) is 2. The SMILES string of the molecule is NC(c1ccc2c(c1)OCCO2)c1nn[nH]n1. The fraction of sp³-hybridized carbons (Fsp3) is 0.300. The van der Waals surface area contributed by atoms with Gasteiger partial charge < -0.3 is 15.2 Å². The molecule has 0 radical (unpaired) electrons. The van der Waals surface area contributed by atoms with Crippen molar-refractivity contribution in [2.45, 2.75) is 6.04 Å². The largest absolute Gasteiger partial charge is 0.486 e. The lowest BCUT2D eigenvalue weighted by atomic mass is 10.1. The van der Waals surface area contributed by atoms with Gasteiger partial charge in [-0.3, -0.25) is 0 Å². The number of nitrogens with one attached hydrogen (secondary N) is 1. The molecule has 3 rings (SSSR count). The summed E-state index contributed by atoms with van der Waals surface area (Å²) in [6, 6.07) is 5.12. The Morgan fingerprint density at radius 2 is 2.06 bits per heavy atom. The third-order valence-corrected chi connectivity index (χ3v) is 2.57. The van der Waals surface area contributed by atoms with Crippen LogP contribution >= 0.6 is 0 Å². The molecule has 1 aliphatic rings. The van der Waals surface area contributed by atoms with E-state index < -0.39 is 6.04 Å². The fourth-order valence-corrected chi connectivity index (χ4v) is 1.70. The van der Waals surface area contributed by atoms with Gasteiger partial charge in [-0.05, 0) is 17.7 Å². The van der Waals surface area contributed by atoms with Crippen LogP contribution < -0.4 is 15.2 Å². The molecule has 7 nitrogen and oxygen atoms in total. The van der Waals surface area contributed by atoms with E-state index in [0.29, 0.717) is 24.8 Å².